The van der Waals surface area contributed by atoms with Crippen LogP contribution in [0.3, 0.4) is 0 Å². The zero-order valence-corrected chi connectivity index (χ0v) is 14.6. The molecule has 2 aliphatic carbocycles. The van der Waals surface area contributed by atoms with Gasteiger partial charge in [0, 0.05) is 10.7 Å². The molecule has 25 heavy (non-hydrogen) atoms. The summed E-state index contributed by atoms with van der Waals surface area (Å²) < 4.78 is 0. The highest BCUT2D eigenvalue weighted by Crippen LogP contribution is 2.53. The number of nitrogens with zero attached hydrogens (tertiary/aromatic N) is 1. The first-order valence-electron chi connectivity index (χ1n) is 8.63. The third kappa shape index (κ3) is 2.49. The smallest absolute Gasteiger partial charge is 0.247 e. The minimum atomic E-state index is -0.777. The second-order valence-corrected chi connectivity index (χ2v) is 7.40. The Bertz CT molecular complexity index is 743. The number of fused-ring (bicyclic) bond motifs is 5. The van der Waals surface area contributed by atoms with E-state index in [4.69, 9.17) is 11.6 Å². The number of hydrogen-bond acceptors (Lipinski definition) is 3. The average Bonchev–Trinajstić information content (AvgIpc) is 3.27. The van der Waals surface area contributed by atoms with E-state index in [2.05, 4.69) is 17.5 Å². The number of carbonyl (C=O) groups is 3. The van der Waals surface area contributed by atoms with E-state index in [0.29, 0.717) is 17.1 Å². The number of likely N-dealkylation sites (tertiary alicyclic amines) is 1. The molecule has 6 heteroatoms. The Labute approximate surface area is 151 Å². The van der Waals surface area contributed by atoms with Crippen molar-refractivity contribution in [2.75, 3.05) is 5.32 Å². The van der Waals surface area contributed by atoms with Crippen LogP contribution < -0.4 is 5.32 Å². The van der Waals surface area contributed by atoms with Crippen molar-refractivity contribution in [3.63, 3.8) is 0 Å². The zero-order chi connectivity index (χ0) is 17.7. The first-order valence-corrected chi connectivity index (χ1v) is 9.00. The zero-order valence-electron chi connectivity index (χ0n) is 13.8. The van der Waals surface area contributed by atoms with Crippen LogP contribution in [0.5, 0.6) is 0 Å². The molecule has 130 valence electrons. The molecule has 1 aromatic rings. The Kier molecular flexibility index (Phi) is 3.91. The summed E-state index contributed by atoms with van der Waals surface area (Å²) in [5.41, 5.74) is 0.592. The van der Waals surface area contributed by atoms with Gasteiger partial charge in [-0.15, -0.1) is 0 Å². The van der Waals surface area contributed by atoms with Gasteiger partial charge in [0.2, 0.25) is 17.7 Å². The van der Waals surface area contributed by atoms with Gasteiger partial charge in [-0.1, -0.05) is 30.7 Å². The topological polar surface area (TPSA) is 66.5 Å². The van der Waals surface area contributed by atoms with E-state index in [1.165, 1.54) is 4.90 Å². The van der Waals surface area contributed by atoms with E-state index < -0.39 is 6.04 Å². The van der Waals surface area contributed by atoms with Crippen molar-refractivity contribution in [1.29, 1.82) is 0 Å². The number of rotatable bonds is 4. The molecule has 3 amide bonds. The maximum absolute atomic E-state index is 12.9. The third-order valence-electron chi connectivity index (χ3n) is 5.62. The van der Waals surface area contributed by atoms with E-state index in [0.717, 1.165) is 6.42 Å². The summed E-state index contributed by atoms with van der Waals surface area (Å²) in [6.07, 6.45) is 5.37. The fourth-order valence-electron chi connectivity index (χ4n) is 4.48. The number of nitrogens with one attached hydrogen (secondary N) is 1. The van der Waals surface area contributed by atoms with Crippen LogP contribution in [0.1, 0.15) is 19.8 Å². The number of imide groups is 1. The van der Waals surface area contributed by atoms with Crippen molar-refractivity contribution in [2.24, 2.45) is 23.7 Å². The average molecular weight is 359 g/mol. The van der Waals surface area contributed by atoms with Gasteiger partial charge < -0.3 is 5.32 Å². The standard InChI is InChI=1S/C19H19ClN2O3/c1-2-14(17(23)21-13-7-5-12(20)6-8-13)22-18(24)15-10-3-4-11(9-10)16(15)19(22)25/h3-8,10-11,14-16H,2,9H2,1H3,(H,21,23). The van der Waals surface area contributed by atoms with Crippen molar-refractivity contribution in [3.8, 4) is 0 Å². The number of benzene rings is 1. The molecular weight excluding hydrogens is 340 g/mol. The summed E-state index contributed by atoms with van der Waals surface area (Å²) in [4.78, 5) is 39.6. The molecule has 1 saturated carbocycles. The molecular formula is C19H19ClN2O3. The third-order valence-corrected chi connectivity index (χ3v) is 5.87. The number of amides is 3. The number of allylic oxidation sites excluding steroid dienone is 2. The Morgan fingerprint density at radius 1 is 1.16 bits per heavy atom. The highest BCUT2D eigenvalue weighted by molar-refractivity contribution is 6.30. The maximum Gasteiger partial charge on any atom is 0.247 e. The second kappa shape index (κ2) is 5.99. The molecule has 5 nitrogen and oxygen atoms in total. The van der Waals surface area contributed by atoms with Crippen molar-refractivity contribution in [1.82, 2.24) is 4.90 Å². The van der Waals surface area contributed by atoms with Crippen LogP contribution in [0.2, 0.25) is 5.02 Å². The summed E-state index contributed by atoms with van der Waals surface area (Å²) in [7, 11) is 0. The summed E-state index contributed by atoms with van der Waals surface area (Å²) >= 11 is 5.85. The number of halogens is 1. The molecule has 5 atom stereocenters. The van der Waals surface area contributed by atoms with Crippen molar-refractivity contribution < 1.29 is 14.4 Å². The van der Waals surface area contributed by atoms with Crippen molar-refractivity contribution in [3.05, 3.63) is 41.4 Å². The van der Waals surface area contributed by atoms with Gasteiger partial charge in [-0.05, 0) is 48.9 Å². The molecule has 4 rings (SSSR count). The Hall–Kier alpha value is -2.14. The summed E-state index contributed by atoms with van der Waals surface area (Å²) in [6.45, 7) is 1.81. The van der Waals surface area contributed by atoms with Crippen molar-refractivity contribution in [2.45, 2.75) is 25.8 Å². The van der Waals surface area contributed by atoms with Gasteiger partial charge in [-0.3, -0.25) is 19.3 Å². The molecule has 0 radical (unpaired) electrons. The highest BCUT2D eigenvalue weighted by atomic mass is 35.5. The van der Waals surface area contributed by atoms with E-state index in [1.54, 1.807) is 24.3 Å². The van der Waals surface area contributed by atoms with E-state index in [1.807, 2.05) is 6.92 Å². The van der Waals surface area contributed by atoms with Crippen LogP contribution in [0.4, 0.5) is 5.69 Å². The molecule has 2 bridgehead atoms. The largest absolute Gasteiger partial charge is 0.324 e. The molecule has 1 saturated heterocycles. The van der Waals surface area contributed by atoms with Gasteiger partial charge >= 0.3 is 0 Å². The van der Waals surface area contributed by atoms with E-state index in [-0.39, 0.29) is 41.4 Å². The molecule has 3 aliphatic rings. The first kappa shape index (κ1) is 16.3. The first-order chi connectivity index (χ1) is 12.0. The van der Waals surface area contributed by atoms with Gasteiger partial charge in [0.15, 0.2) is 0 Å². The summed E-state index contributed by atoms with van der Waals surface area (Å²) in [5, 5.41) is 3.36. The maximum atomic E-state index is 12.9. The van der Waals surface area contributed by atoms with E-state index in [9.17, 15) is 14.4 Å². The van der Waals surface area contributed by atoms with Gasteiger partial charge in [0.25, 0.3) is 0 Å². The number of anilines is 1. The van der Waals surface area contributed by atoms with Crippen molar-refractivity contribution >= 4 is 35.0 Å². The lowest BCUT2D eigenvalue weighted by molar-refractivity contribution is -0.147. The Balaban J connectivity index is 1.55. The molecule has 1 aromatic carbocycles. The molecule has 5 unspecified atom stereocenters. The summed E-state index contributed by atoms with van der Waals surface area (Å²) in [6, 6.07) is 5.97. The fourth-order valence-corrected chi connectivity index (χ4v) is 4.60. The minimum absolute atomic E-state index is 0.147. The Morgan fingerprint density at radius 3 is 2.24 bits per heavy atom. The molecule has 1 N–H and O–H groups in total. The normalized spacial score (nSPS) is 30.7. The predicted molar refractivity (Wildman–Crippen MR) is 93.7 cm³/mol. The van der Waals surface area contributed by atoms with Crippen LogP contribution in [0, 0.1) is 23.7 Å². The second-order valence-electron chi connectivity index (χ2n) is 6.97. The quantitative estimate of drug-likeness (QED) is 0.664. The van der Waals surface area contributed by atoms with Gasteiger partial charge in [-0.2, -0.15) is 0 Å². The Morgan fingerprint density at radius 2 is 1.72 bits per heavy atom. The molecule has 2 fully saturated rings. The number of carbonyl (C=O) groups excluding carboxylic acids is 3. The molecule has 0 spiro atoms. The molecule has 0 aromatic heterocycles. The van der Waals surface area contributed by atoms with Gasteiger partial charge in [0.05, 0.1) is 11.8 Å². The van der Waals surface area contributed by atoms with Gasteiger partial charge in [-0.25, -0.2) is 0 Å². The molecule has 1 aliphatic heterocycles. The number of hydrogen-bond donors (Lipinski definition) is 1. The van der Waals surface area contributed by atoms with Crippen LogP contribution in [-0.4, -0.2) is 28.7 Å². The van der Waals surface area contributed by atoms with Crippen LogP contribution >= 0.6 is 11.6 Å². The lowest BCUT2D eigenvalue weighted by atomic mass is 9.85. The highest BCUT2D eigenvalue weighted by Gasteiger charge is 2.60. The van der Waals surface area contributed by atoms with Crippen LogP contribution in [0.15, 0.2) is 36.4 Å². The monoisotopic (exact) mass is 358 g/mol. The minimum Gasteiger partial charge on any atom is -0.324 e. The predicted octanol–water partition coefficient (Wildman–Crippen LogP) is 2.86. The lowest BCUT2D eigenvalue weighted by Gasteiger charge is -2.26. The van der Waals surface area contributed by atoms with E-state index >= 15 is 0 Å². The molecule has 1 heterocycles. The van der Waals surface area contributed by atoms with Crippen LogP contribution in [-0.2, 0) is 14.4 Å². The van der Waals surface area contributed by atoms with Crippen LogP contribution in [0.25, 0.3) is 0 Å². The van der Waals surface area contributed by atoms with Gasteiger partial charge in [0.1, 0.15) is 6.04 Å². The summed E-state index contributed by atoms with van der Waals surface area (Å²) in [5.74, 6) is -0.983. The fraction of sp³-hybridized carbons (Fsp3) is 0.421. The SMILES string of the molecule is CCC(C(=O)Nc1ccc(Cl)cc1)N1C(=O)C2C3C=CC(C3)C2C1=O. The lowest BCUT2D eigenvalue weighted by Crippen LogP contribution is -2.48.